The molecular formula is C12H22ClN3O. The third-order valence-corrected chi connectivity index (χ3v) is 3.27. The summed E-state index contributed by atoms with van der Waals surface area (Å²) in [6.07, 6.45) is 1.89. The van der Waals surface area contributed by atoms with Crippen molar-refractivity contribution in [2.75, 3.05) is 20.3 Å². The van der Waals surface area contributed by atoms with Gasteiger partial charge in [0.15, 0.2) is 0 Å². The second-order valence-electron chi connectivity index (χ2n) is 4.24. The molecular weight excluding hydrogens is 238 g/mol. The highest BCUT2D eigenvalue weighted by Gasteiger charge is 2.16. The standard InChI is InChI=1S/C12H22ClN3O/c1-5-6-17-8-10(14-3)7-11-9(2)15-16(4)12(11)13/h10,14H,5-8H2,1-4H3. The number of nitrogens with zero attached hydrogens (tertiary/aromatic N) is 2. The number of rotatable bonds is 7. The number of nitrogens with one attached hydrogen (secondary N) is 1. The molecule has 0 aliphatic rings. The van der Waals surface area contributed by atoms with Gasteiger partial charge in [-0.1, -0.05) is 18.5 Å². The molecule has 0 aliphatic heterocycles. The van der Waals surface area contributed by atoms with Crippen molar-refractivity contribution >= 4 is 11.6 Å². The van der Waals surface area contributed by atoms with Crippen LogP contribution in [-0.2, 0) is 18.2 Å². The van der Waals surface area contributed by atoms with E-state index in [4.69, 9.17) is 16.3 Å². The number of ether oxygens (including phenoxy) is 1. The summed E-state index contributed by atoms with van der Waals surface area (Å²) < 4.78 is 7.28. The zero-order valence-corrected chi connectivity index (χ0v) is 11.8. The van der Waals surface area contributed by atoms with Gasteiger partial charge in [-0.15, -0.1) is 0 Å². The second kappa shape index (κ2) is 6.99. The van der Waals surface area contributed by atoms with E-state index in [-0.39, 0.29) is 6.04 Å². The summed E-state index contributed by atoms with van der Waals surface area (Å²) in [5.74, 6) is 0. The Hall–Kier alpha value is -0.580. The minimum Gasteiger partial charge on any atom is -0.380 e. The molecule has 0 amide bonds. The first-order chi connectivity index (χ1) is 8.10. The number of aryl methyl sites for hydroxylation is 2. The van der Waals surface area contributed by atoms with E-state index < -0.39 is 0 Å². The Kier molecular flexibility index (Phi) is 5.95. The summed E-state index contributed by atoms with van der Waals surface area (Å²) in [7, 11) is 3.81. The molecule has 0 saturated carbocycles. The molecule has 0 spiro atoms. The van der Waals surface area contributed by atoms with E-state index in [0.717, 1.165) is 35.9 Å². The highest BCUT2D eigenvalue weighted by Crippen LogP contribution is 2.20. The van der Waals surface area contributed by atoms with Crippen LogP contribution in [0.25, 0.3) is 0 Å². The third kappa shape index (κ3) is 3.98. The number of likely N-dealkylation sites (N-methyl/N-ethyl adjacent to an activating group) is 1. The van der Waals surface area contributed by atoms with Crippen molar-refractivity contribution < 1.29 is 4.74 Å². The van der Waals surface area contributed by atoms with Crippen molar-refractivity contribution in [2.45, 2.75) is 32.7 Å². The van der Waals surface area contributed by atoms with E-state index in [2.05, 4.69) is 17.3 Å². The zero-order valence-electron chi connectivity index (χ0n) is 11.1. The molecule has 1 aromatic heterocycles. The molecule has 0 bridgehead atoms. The molecule has 1 atom stereocenters. The summed E-state index contributed by atoms with van der Waals surface area (Å²) in [5.41, 5.74) is 2.10. The van der Waals surface area contributed by atoms with Crippen molar-refractivity contribution in [1.29, 1.82) is 0 Å². The number of halogens is 1. The summed E-state index contributed by atoms with van der Waals surface area (Å²) in [4.78, 5) is 0. The van der Waals surface area contributed by atoms with E-state index >= 15 is 0 Å². The monoisotopic (exact) mass is 259 g/mol. The highest BCUT2D eigenvalue weighted by molar-refractivity contribution is 6.30. The van der Waals surface area contributed by atoms with Crippen molar-refractivity contribution in [1.82, 2.24) is 15.1 Å². The molecule has 98 valence electrons. The van der Waals surface area contributed by atoms with Crippen LogP contribution in [-0.4, -0.2) is 36.1 Å². The molecule has 1 heterocycles. The summed E-state index contributed by atoms with van der Waals surface area (Å²) >= 11 is 6.21. The van der Waals surface area contributed by atoms with Gasteiger partial charge in [0.1, 0.15) is 5.15 Å². The fourth-order valence-corrected chi connectivity index (χ4v) is 2.02. The predicted molar refractivity (Wildman–Crippen MR) is 70.6 cm³/mol. The topological polar surface area (TPSA) is 39.1 Å². The molecule has 4 nitrogen and oxygen atoms in total. The Morgan fingerprint density at radius 3 is 2.71 bits per heavy atom. The van der Waals surface area contributed by atoms with E-state index in [0.29, 0.717) is 6.61 Å². The molecule has 0 saturated heterocycles. The van der Waals surface area contributed by atoms with Gasteiger partial charge in [0.05, 0.1) is 12.3 Å². The van der Waals surface area contributed by atoms with Crippen LogP contribution in [0.4, 0.5) is 0 Å². The minimum absolute atomic E-state index is 0.280. The lowest BCUT2D eigenvalue weighted by atomic mass is 10.1. The van der Waals surface area contributed by atoms with Crippen molar-refractivity contribution in [3.63, 3.8) is 0 Å². The Morgan fingerprint density at radius 2 is 2.24 bits per heavy atom. The highest BCUT2D eigenvalue weighted by atomic mass is 35.5. The fourth-order valence-electron chi connectivity index (χ4n) is 1.77. The van der Waals surface area contributed by atoms with Gasteiger partial charge in [0, 0.05) is 25.3 Å². The predicted octanol–water partition coefficient (Wildman–Crippen LogP) is 1.94. The maximum absolute atomic E-state index is 6.21. The SMILES string of the molecule is CCCOCC(Cc1c(C)nn(C)c1Cl)NC. The molecule has 0 radical (unpaired) electrons. The molecule has 5 heteroatoms. The Labute approximate surface area is 108 Å². The van der Waals surface area contributed by atoms with E-state index in [1.165, 1.54) is 0 Å². The van der Waals surface area contributed by atoms with Crippen molar-refractivity contribution in [3.8, 4) is 0 Å². The van der Waals surface area contributed by atoms with Crippen molar-refractivity contribution in [3.05, 3.63) is 16.4 Å². The second-order valence-corrected chi connectivity index (χ2v) is 4.60. The first kappa shape index (κ1) is 14.5. The van der Waals surface area contributed by atoms with Gasteiger partial charge in [0.25, 0.3) is 0 Å². The first-order valence-electron chi connectivity index (χ1n) is 6.03. The fraction of sp³-hybridized carbons (Fsp3) is 0.750. The number of hydrogen-bond acceptors (Lipinski definition) is 3. The largest absolute Gasteiger partial charge is 0.380 e. The molecule has 1 aromatic rings. The molecule has 0 aromatic carbocycles. The average Bonchev–Trinajstić information content (AvgIpc) is 2.54. The molecule has 0 aliphatic carbocycles. The van der Waals surface area contributed by atoms with E-state index in [9.17, 15) is 0 Å². The number of aromatic nitrogens is 2. The number of hydrogen-bond donors (Lipinski definition) is 1. The summed E-state index contributed by atoms with van der Waals surface area (Å²) in [6.45, 7) is 5.60. The Bertz CT molecular complexity index is 352. The molecule has 0 fully saturated rings. The molecule has 1 unspecified atom stereocenters. The van der Waals surface area contributed by atoms with Crippen LogP contribution >= 0.6 is 11.6 Å². The molecule has 1 rings (SSSR count). The van der Waals surface area contributed by atoms with Gasteiger partial charge in [-0.25, -0.2) is 0 Å². The van der Waals surface area contributed by atoms with Gasteiger partial charge in [-0.2, -0.15) is 5.10 Å². The van der Waals surface area contributed by atoms with E-state index in [1.807, 2.05) is 21.0 Å². The van der Waals surface area contributed by atoms with Crippen LogP contribution in [0.1, 0.15) is 24.6 Å². The normalized spacial score (nSPS) is 13.0. The molecule has 17 heavy (non-hydrogen) atoms. The van der Waals surface area contributed by atoms with Gasteiger partial charge in [0.2, 0.25) is 0 Å². The van der Waals surface area contributed by atoms with Gasteiger partial charge in [-0.05, 0) is 26.8 Å². The van der Waals surface area contributed by atoms with Gasteiger partial charge < -0.3 is 10.1 Å². The lowest BCUT2D eigenvalue weighted by Gasteiger charge is -2.16. The first-order valence-corrected chi connectivity index (χ1v) is 6.40. The van der Waals surface area contributed by atoms with Crippen LogP contribution in [0.2, 0.25) is 5.15 Å². The van der Waals surface area contributed by atoms with Crippen LogP contribution in [0, 0.1) is 6.92 Å². The van der Waals surface area contributed by atoms with Gasteiger partial charge >= 0.3 is 0 Å². The maximum atomic E-state index is 6.21. The average molecular weight is 260 g/mol. The van der Waals surface area contributed by atoms with Crippen LogP contribution in [0.3, 0.4) is 0 Å². The summed E-state index contributed by atoms with van der Waals surface area (Å²) in [6, 6.07) is 0.280. The van der Waals surface area contributed by atoms with Crippen LogP contribution < -0.4 is 5.32 Å². The molecule has 1 N–H and O–H groups in total. The van der Waals surface area contributed by atoms with E-state index in [1.54, 1.807) is 4.68 Å². The van der Waals surface area contributed by atoms with Crippen LogP contribution in [0.5, 0.6) is 0 Å². The zero-order chi connectivity index (χ0) is 12.8. The minimum atomic E-state index is 0.280. The third-order valence-electron chi connectivity index (χ3n) is 2.80. The van der Waals surface area contributed by atoms with Gasteiger partial charge in [-0.3, -0.25) is 4.68 Å². The maximum Gasteiger partial charge on any atom is 0.130 e. The Morgan fingerprint density at radius 1 is 1.53 bits per heavy atom. The van der Waals surface area contributed by atoms with Crippen molar-refractivity contribution in [2.24, 2.45) is 7.05 Å². The van der Waals surface area contributed by atoms with Crippen LogP contribution in [0.15, 0.2) is 0 Å². The smallest absolute Gasteiger partial charge is 0.130 e. The lowest BCUT2D eigenvalue weighted by Crippen LogP contribution is -2.32. The quantitative estimate of drug-likeness (QED) is 0.761. The summed E-state index contributed by atoms with van der Waals surface area (Å²) in [5, 5.41) is 8.28. The lowest BCUT2D eigenvalue weighted by molar-refractivity contribution is 0.114. The Balaban J connectivity index is 2.60.